The van der Waals surface area contributed by atoms with Crippen molar-refractivity contribution in [3.8, 4) is 5.69 Å². The van der Waals surface area contributed by atoms with Crippen LogP contribution in [0.1, 0.15) is 5.56 Å². The van der Waals surface area contributed by atoms with Crippen LogP contribution in [-0.2, 0) is 0 Å². The van der Waals surface area contributed by atoms with E-state index in [9.17, 15) is 0 Å². The second-order valence-electron chi connectivity index (χ2n) is 4.39. The van der Waals surface area contributed by atoms with E-state index in [0.717, 1.165) is 25.9 Å². The van der Waals surface area contributed by atoms with E-state index in [-0.39, 0.29) is 0 Å². The lowest BCUT2D eigenvalue weighted by Gasteiger charge is -2.09. The normalized spacial score (nSPS) is 11.1. The molecule has 0 aliphatic rings. The highest BCUT2D eigenvalue weighted by Gasteiger charge is 2.12. The molecule has 2 aromatic carbocycles. The largest absolute Gasteiger partial charge is 0.369 e. The molecule has 0 aliphatic heterocycles. The summed E-state index contributed by atoms with van der Waals surface area (Å²) in [5, 5.41) is 0.665. The molecule has 2 N–H and O–H groups in total. The molecule has 19 heavy (non-hydrogen) atoms. The number of nitrogens with two attached hydrogens (primary N) is 1. The van der Waals surface area contributed by atoms with Crippen molar-refractivity contribution >= 4 is 51.2 Å². The SMILES string of the molecule is Cc1ccc2c(c1)nc(N)n2-c1ccc(I)cc1Cl. The summed E-state index contributed by atoms with van der Waals surface area (Å²) in [6.45, 7) is 2.03. The van der Waals surface area contributed by atoms with Crippen LogP contribution in [0.15, 0.2) is 36.4 Å². The average molecular weight is 384 g/mol. The number of anilines is 1. The number of aryl methyl sites for hydroxylation is 1. The van der Waals surface area contributed by atoms with Crippen LogP contribution < -0.4 is 5.73 Å². The summed E-state index contributed by atoms with van der Waals surface area (Å²) in [7, 11) is 0. The molecule has 0 radical (unpaired) electrons. The molecular formula is C14H11ClIN3. The second kappa shape index (κ2) is 4.68. The van der Waals surface area contributed by atoms with Gasteiger partial charge >= 0.3 is 0 Å². The minimum Gasteiger partial charge on any atom is -0.369 e. The highest BCUT2D eigenvalue weighted by molar-refractivity contribution is 14.1. The van der Waals surface area contributed by atoms with Gasteiger partial charge < -0.3 is 5.73 Å². The minimum absolute atomic E-state index is 0.448. The van der Waals surface area contributed by atoms with Gasteiger partial charge in [0.2, 0.25) is 5.95 Å². The highest BCUT2D eigenvalue weighted by Crippen LogP contribution is 2.29. The van der Waals surface area contributed by atoms with Crippen molar-refractivity contribution in [1.82, 2.24) is 9.55 Å². The Balaban J connectivity index is 2.33. The lowest BCUT2D eigenvalue weighted by atomic mass is 10.2. The molecule has 0 amide bonds. The molecule has 0 saturated heterocycles. The third kappa shape index (κ3) is 2.19. The predicted octanol–water partition coefficient (Wildman–Crippen LogP) is 4.17. The van der Waals surface area contributed by atoms with Gasteiger partial charge in [-0.15, -0.1) is 0 Å². The maximum Gasteiger partial charge on any atom is 0.205 e. The van der Waals surface area contributed by atoms with Crippen LogP contribution in [0.2, 0.25) is 5.02 Å². The number of benzene rings is 2. The first-order chi connectivity index (χ1) is 9.06. The number of halogens is 2. The van der Waals surface area contributed by atoms with Crippen molar-refractivity contribution in [2.45, 2.75) is 6.92 Å². The molecule has 0 fully saturated rings. The van der Waals surface area contributed by atoms with Crippen LogP contribution in [0.25, 0.3) is 16.7 Å². The summed E-state index contributed by atoms with van der Waals surface area (Å²) >= 11 is 8.55. The Morgan fingerprint density at radius 1 is 1.21 bits per heavy atom. The van der Waals surface area contributed by atoms with Gasteiger partial charge in [-0.3, -0.25) is 4.57 Å². The van der Waals surface area contributed by atoms with Crippen molar-refractivity contribution in [3.05, 3.63) is 50.6 Å². The molecular weight excluding hydrogens is 373 g/mol. The lowest BCUT2D eigenvalue weighted by Crippen LogP contribution is -2.01. The second-order valence-corrected chi connectivity index (χ2v) is 6.05. The van der Waals surface area contributed by atoms with Crippen LogP contribution in [0.5, 0.6) is 0 Å². The Morgan fingerprint density at radius 2 is 2.00 bits per heavy atom. The van der Waals surface area contributed by atoms with Gasteiger partial charge in [-0.25, -0.2) is 4.98 Å². The molecule has 0 atom stereocenters. The smallest absolute Gasteiger partial charge is 0.205 e. The van der Waals surface area contributed by atoms with Crippen LogP contribution in [0, 0.1) is 10.5 Å². The Labute approximate surface area is 129 Å². The topological polar surface area (TPSA) is 43.8 Å². The maximum atomic E-state index is 6.32. The highest BCUT2D eigenvalue weighted by atomic mass is 127. The van der Waals surface area contributed by atoms with Crippen molar-refractivity contribution in [3.63, 3.8) is 0 Å². The monoisotopic (exact) mass is 383 g/mol. The first-order valence-electron chi connectivity index (χ1n) is 5.76. The van der Waals surface area contributed by atoms with E-state index in [1.54, 1.807) is 0 Å². The summed E-state index contributed by atoms with van der Waals surface area (Å²) in [5.74, 6) is 0.448. The molecule has 3 rings (SSSR count). The molecule has 0 saturated carbocycles. The van der Waals surface area contributed by atoms with Gasteiger partial charge in [0.25, 0.3) is 0 Å². The van der Waals surface area contributed by atoms with Gasteiger partial charge in [0.15, 0.2) is 0 Å². The van der Waals surface area contributed by atoms with Crippen LogP contribution >= 0.6 is 34.2 Å². The average Bonchev–Trinajstić information content (AvgIpc) is 2.65. The first-order valence-corrected chi connectivity index (χ1v) is 7.22. The summed E-state index contributed by atoms with van der Waals surface area (Å²) < 4.78 is 2.97. The standard InChI is InChI=1S/C14H11ClIN3/c1-8-2-4-13-11(6-8)18-14(17)19(13)12-5-3-9(16)7-10(12)15/h2-7H,1H3,(H2,17,18). The van der Waals surface area contributed by atoms with E-state index < -0.39 is 0 Å². The third-order valence-corrected chi connectivity index (χ3v) is 3.96. The molecule has 3 nitrogen and oxygen atoms in total. The molecule has 5 heteroatoms. The summed E-state index contributed by atoms with van der Waals surface area (Å²) in [5.41, 5.74) is 9.89. The molecule has 1 heterocycles. The summed E-state index contributed by atoms with van der Waals surface area (Å²) in [6.07, 6.45) is 0. The number of nitrogen functional groups attached to an aromatic ring is 1. The number of rotatable bonds is 1. The predicted molar refractivity (Wildman–Crippen MR) is 87.9 cm³/mol. The van der Waals surface area contributed by atoms with Gasteiger partial charge in [-0.2, -0.15) is 0 Å². The number of nitrogens with zero attached hydrogens (tertiary/aromatic N) is 2. The molecule has 0 unspecified atom stereocenters. The number of imidazole rings is 1. The zero-order valence-electron chi connectivity index (χ0n) is 10.2. The van der Waals surface area contributed by atoms with Gasteiger partial charge in [-0.1, -0.05) is 17.7 Å². The van der Waals surface area contributed by atoms with Crippen LogP contribution in [0.3, 0.4) is 0 Å². The van der Waals surface area contributed by atoms with E-state index in [0.29, 0.717) is 11.0 Å². The van der Waals surface area contributed by atoms with Gasteiger partial charge in [0, 0.05) is 3.57 Å². The fourth-order valence-electron chi connectivity index (χ4n) is 2.12. The lowest BCUT2D eigenvalue weighted by molar-refractivity contribution is 1.11. The van der Waals surface area contributed by atoms with Crippen molar-refractivity contribution < 1.29 is 0 Å². The van der Waals surface area contributed by atoms with Crippen molar-refractivity contribution in [2.75, 3.05) is 5.73 Å². The van der Waals surface area contributed by atoms with Crippen LogP contribution in [-0.4, -0.2) is 9.55 Å². The number of hydrogen-bond donors (Lipinski definition) is 1. The first kappa shape index (κ1) is 12.7. The fourth-order valence-corrected chi connectivity index (χ4v) is 3.07. The van der Waals surface area contributed by atoms with E-state index in [2.05, 4.69) is 27.6 Å². The molecule has 1 aromatic heterocycles. The number of fused-ring (bicyclic) bond motifs is 1. The Kier molecular flexibility index (Phi) is 3.14. The van der Waals surface area contributed by atoms with E-state index in [1.165, 1.54) is 0 Å². The number of hydrogen-bond acceptors (Lipinski definition) is 2. The van der Waals surface area contributed by atoms with Crippen molar-refractivity contribution in [1.29, 1.82) is 0 Å². The van der Waals surface area contributed by atoms with E-state index >= 15 is 0 Å². The van der Waals surface area contributed by atoms with Gasteiger partial charge in [0.05, 0.1) is 21.7 Å². The molecule has 0 spiro atoms. The third-order valence-electron chi connectivity index (χ3n) is 2.99. The van der Waals surface area contributed by atoms with Gasteiger partial charge in [-0.05, 0) is 65.4 Å². The maximum absolute atomic E-state index is 6.32. The molecule has 0 bridgehead atoms. The van der Waals surface area contributed by atoms with Crippen molar-refractivity contribution in [2.24, 2.45) is 0 Å². The van der Waals surface area contributed by atoms with Gasteiger partial charge in [0.1, 0.15) is 0 Å². The van der Waals surface area contributed by atoms with Crippen LogP contribution in [0.4, 0.5) is 5.95 Å². The van der Waals surface area contributed by atoms with E-state index in [4.69, 9.17) is 17.3 Å². The van der Waals surface area contributed by atoms with E-state index in [1.807, 2.05) is 47.9 Å². The molecule has 0 aliphatic carbocycles. The minimum atomic E-state index is 0.448. The quantitative estimate of drug-likeness (QED) is 0.641. The fraction of sp³-hybridized carbons (Fsp3) is 0.0714. The summed E-state index contributed by atoms with van der Waals surface area (Å²) in [4.78, 5) is 4.39. The zero-order chi connectivity index (χ0) is 13.6. The molecule has 3 aromatic rings. The zero-order valence-corrected chi connectivity index (χ0v) is 13.1. The Morgan fingerprint density at radius 3 is 2.74 bits per heavy atom. The Hall–Kier alpha value is -1.27. The summed E-state index contributed by atoms with van der Waals surface area (Å²) in [6, 6.07) is 11.9. The Bertz CT molecular complexity index is 780. The molecule has 96 valence electrons. The number of aromatic nitrogens is 2.